The Morgan fingerprint density at radius 1 is 1.37 bits per heavy atom. The Kier molecular flexibility index (Phi) is 3.00. The van der Waals surface area contributed by atoms with Gasteiger partial charge in [0.15, 0.2) is 0 Å². The molecule has 0 radical (unpaired) electrons. The van der Waals surface area contributed by atoms with Crippen molar-refractivity contribution in [3.05, 3.63) is 57.7 Å². The lowest BCUT2D eigenvalue weighted by atomic mass is 10.3. The van der Waals surface area contributed by atoms with Crippen molar-refractivity contribution in [2.45, 2.75) is 6.61 Å². The minimum absolute atomic E-state index is 0.0878. The highest BCUT2D eigenvalue weighted by Crippen LogP contribution is 2.15. The number of nitrogens with zero attached hydrogens (tertiary/aromatic N) is 1. The molecule has 19 heavy (non-hydrogen) atoms. The number of nitrogens with one attached hydrogen (secondary N) is 1. The zero-order valence-electron chi connectivity index (χ0n) is 9.72. The zero-order valence-corrected chi connectivity index (χ0v) is 10.5. The monoisotopic (exact) mass is 276 g/mol. The van der Waals surface area contributed by atoms with E-state index in [9.17, 15) is 9.18 Å². The summed E-state index contributed by atoms with van der Waals surface area (Å²) in [6, 6.07) is 7.60. The Morgan fingerprint density at radius 2 is 2.26 bits per heavy atom. The number of thiophene rings is 1. The maximum Gasteiger partial charge on any atom is 0.268 e. The van der Waals surface area contributed by atoms with Crippen molar-refractivity contribution in [1.82, 2.24) is 9.97 Å². The Hall–Kier alpha value is -2.21. The largest absolute Gasteiger partial charge is 0.486 e. The first-order chi connectivity index (χ1) is 9.22. The molecule has 6 heteroatoms. The summed E-state index contributed by atoms with van der Waals surface area (Å²) in [4.78, 5) is 18.6. The van der Waals surface area contributed by atoms with Crippen molar-refractivity contribution in [3.63, 3.8) is 0 Å². The summed E-state index contributed by atoms with van der Waals surface area (Å²) in [6.45, 7) is 0.0878. The molecule has 0 aliphatic rings. The molecular weight excluding hydrogens is 267 g/mol. The highest BCUT2D eigenvalue weighted by Gasteiger charge is 2.05. The summed E-state index contributed by atoms with van der Waals surface area (Å²) in [6.07, 6.45) is 0. The van der Waals surface area contributed by atoms with Crippen LogP contribution in [0.15, 0.2) is 40.5 Å². The van der Waals surface area contributed by atoms with Gasteiger partial charge in [0.1, 0.15) is 28.7 Å². The predicted octanol–water partition coefficient (Wildman–Crippen LogP) is 2.70. The van der Waals surface area contributed by atoms with Crippen LogP contribution in [0.25, 0.3) is 10.2 Å². The smallest absolute Gasteiger partial charge is 0.268 e. The third-order valence-corrected chi connectivity index (χ3v) is 3.44. The summed E-state index contributed by atoms with van der Waals surface area (Å²) in [5.74, 6) is 0.445. The molecule has 96 valence electrons. The molecule has 0 fully saturated rings. The molecule has 1 aromatic carbocycles. The van der Waals surface area contributed by atoms with Crippen LogP contribution in [-0.4, -0.2) is 9.97 Å². The topological polar surface area (TPSA) is 55.0 Å². The molecule has 0 saturated heterocycles. The fraction of sp³-hybridized carbons (Fsp3) is 0.0769. The van der Waals surface area contributed by atoms with Crippen LogP contribution in [0.5, 0.6) is 5.75 Å². The molecule has 1 N–H and O–H groups in total. The van der Waals surface area contributed by atoms with E-state index in [1.54, 1.807) is 18.2 Å². The number of hydrogen-bond donors (Lipinski definition) is 1. The minimum Gasteiger partial charge on any atom is -0.486 e. The van der Waals surface area contributed by atoms with Crippen molar-refractivity contribution >= 4 is 21.6 Å². The van der Waals surface area contributed by atoms with Crippen LogP contribution in [0, 0.1) is 5.82 Å². The number of hydrogen-bond acceptors (Lipinski definition) is 4. The first kappa shape index (κ1) is 11.9. The van der Waals surface area contributed by atoms with Gasteiger partial charge in [-0.3, -0.25) is 4.79 Å². The molecule has 0 atom stereocenters. The molecule has 4 nitrogen and oxygen atoms in total. The first-order valence-corrected chi connectivity index (χ1v) is 6.45. The molecule has 3 rings (SSSR count). The van der Waals surface area contributed by atoms with Crippen molar-refractivity contribution in [1.29, 1.82) is 0 Å². The van der Waals surface area contributed by atoms with Gasteiger partial charge in [0, 0.05) is 6.07 Å². The minimum atomic E-state index is -0.368. The van der Waals surface area contributed by atoms with Crippen LogP contribution in [0.1, 0.15) is 5.82 Å². The lowest BCUT2D eigenvalue weighted by Crippen LogP contribution is -2.12. The maximum atomic E-state index is 13.0. The predicted molar refractivity (Wildman–Crippen MR) is 71.0 cm³/mol. The lowest BCUT2D eigenvalue weighted by molar-refractivity contribution is 0.294. The van der Waals surface area contributed by atoms with E-state index in [4.69, 9.17) is 4.74 Å². The third-order valence-electron chi connectivity index (χ3n) is 2.54. The number of benzene rings is 1. The van der Waals surface area contributed by atoms with E-state index in [0.717, 1.165) is 0 Å². The summed E-state index contributed by atoms with van der Waals surface area (Å²) in [7, 11) is 0. The molecule has 0 amide bonds. The summed E-state index contributed by atoms with van der Waals surface area (Å²) in [5.41, 5.74) is 0.462. The Labute approximate surface area is 111 Å². The van der Waals surface area contributed by atoms with Crippen molar-refractivity contribution in [2.75, 3.05) is 0 Å². The molecule has 2 aromatic heterocycles. The number of H-pyrrole nitrogens is 1. The van der Waals surface area contributed by atoms with E-state index in [1.807, 2.05) is 5.38 Å². The summed E-state index contributed by atoms with van der Waals surface area (Å²) in [5, 5.41) is 1.81. The van der Waals surface area contributed by atoms with E-state index in [0.29, 0.717) is 21.8 Å². The van der Waals surface area contributed by atoms with Gasteiger partial charge in [0.2, 0.25) is 0 Å². The Bertz CT molecular complexity index is 781. The van der Waals surface area contributed by atoms with E-state index in [1.165, 1.54) is 23.5 Å². The van der Waals surface area contributed by atoms with Gasteiger partial charge in [-0.15, -0.1) is 11.3 Å². The molecule has 0 aliphatic heterocycles. The highest BCUT2D eigenvalue weighted by molar-refractivity contribution is 7.17. The van der Waals surface area contributed by atoms with Crippen LogP contribution in [-0.2, 0) is 6.61 Å². The van der Waals surface area contributed by atoms with Gasteiger partial charge in [-0.2, -0.15) is 0 Å². The summed E-state index contributed by atoms with van der Waals surface area (Å²) >= 11 is 1.34. The van der Waals surface area contributed by atoms with Crippen LogP contribution < -0.4 is 10.3 Å². The van der Waals surface area contributed by atoms with E-state index >= 15 is 0 Å². The molecule has 0 saturated carbocycles. The van der Waals surface area contributed by atoms with E-state index in [-0.39, 0.29) is 18.0 Å². The van der Waals surface area contributed by atoms with Gasteiger partial charge >= 0.3 is 0 Å². The van der Waals surface area contributed by atoms with Gasteiger partial charge in [-0.05, 0) is 23.6 Å². The highest BCUT2D eigenvalue weighted by atomic mass is 32.1. The third kappa shape index (κ3) is 2.48. The summed E-state index contributed by atoms with van der Waals surface area (Å²) < 4.78 is 18.9. The molecule has 3 aromatic rings. The lowest BCUT2D eigenvalue weighted by Gasteiger charge is -2.05. The van der Waals surface area contributed by atoms with Crippen LogP contribution >= 0.6 is 11.3 Å². The van der Waals surface area contributed by atoms with Crippen molar-refractivity contribution < 1.29 is 9.13 Å². The molecular formula is C13H9FN2O2S. The van der Waals surface area contributed by atoms with Crippen LogP contribution in [0.4, 0.5) is 4.39 Å². The second-order valence-corrected chi connectivity index (χ2v) is 4.81. The second-order valence-electron chi connectivity index (χ2n) is 3.89. The number of halogens is 1. The fourth-order valence-electron chi connectivity index (χ4n) is 1.70. The van der Waals surface area contributed by atoms with Gasteiger partial charge < -0.3 is 9.72 Å². The molecule has 0 bridgehead atoms. The van der Waals surface area contributed by atoms with Crippen LogP contribution in [0.3, 0.4) is 0 Å². The quantitative estimate of drug-likeness (QED) is 0.800. The van der Waals surface area contributed by atoms with Crippen molar-refractivity contribution in [2.24, 2.45) is 0 Å². The van der Waals surface area contributed by atoms with Crippen molar-refractivity contribution in [3.8, 4) is 5.75 Å². The second kappa shape index (κ2) is 4.81. The molecule has 2 heterocycles. The Morgan fingerprint density at radius 3 is 3.11 bits per heavy atom. The van der Waals surface area contributed by atoms with E-state index < -0.39 is 0 Å². The average Bonchev–Trinajstić information content (AvgIpc) is 2.85. The number of rotatable bonds is 3. The van der Waals surface area contributed by atoms with Gasteiger partial charge in [0.05, 0.1) is 5.52 Å². The Balaban J connectivity index is 1.83. The number of fused-ring (bicyclic) bond motifs is 1. The number of ether oxygens (including phenoxy) is 1. The van der Waals surface area contributed by atoms with Gasteiger partial charge in [-0.1, -0.05) is 6.07 Å². The molecule has 0 aliphatic carbocycles. The SMILES string of the molecule is O=c1[nH]c(COc2cccc(F)c2)nc2ccsc12. The number of aromatic nitrogens is 2. The fourth-order valence-corrected chi connectivity index (χ4v) is 2.42. The maximum absolute atomic E-state index is 13.0. The van der Waals surface area contributed by atoms with Gasteiger partial charge in [-0.25, -0.2) is 9.37 Å². The first-order valence-electron chi connectivity index (χ1n) is 5.57. The zero-order chi connectivity index (χ0) is 13.2. The number of aromatic amines is 1. The van der Waals surface area contributed by atoms with E-state index in [2.05, 4.69) is 9.97 Å². The molecule has 0 spiro atoms. The van der Waals surface area contributed by atoms with Gasteiger partial charge in [0.25, 0.3) is 5.56 Å². The standard InChI is InChI=1S/C13H9FN2O2S/c14-8-2-1-3-9(6-8)18-7-11-15-10-4-5-19-12(10)13(17)16-11/h1-6H,7H2,(H,15,16,17). The van der Waals surface area contributed by atoms with Crippen LogP contribution in [0.2, 0.25) is 0 Å². The average molecular weight is 276 g/mol. The normalized spacial score (nSPS) is 10.8. The molecule has 0 unspecified atom stereocenters.